The molecule has 1 unspecified atom stereocenters. The van der Waals surface area contributed by atoms with Crippen molar-refractivity contribution in [1.82, 2.24) is 5.32 Å². The molecule has 1 aromatic rings. The number of hydrogen-bond acceptors (Lipinski definition) is 2. The van der Waals surface area contributed by atoms with Crippen LogP contribution in [-0.2, 0) is 5.75 Å². The fourth-order valence-corrected chi connectivity index (χ4v) is 2.70. The number of benzene rings is 1. The van der Waals surface area contributed by atoms with E-state index in [4.69, 9.17) is 11.6 Å². The van der Waals surface area contributed by atoms with Gasteiger partial charge in [0.2, 0.25) is 0 Å². The standard InChI is InChI=1S/C13H20ClNS/c1-11(15-2)6-5-9-16-10-12-7-3-4-8-13(12)14/h3-4,7-8,11,15H,5-6,9-10H2,1-2H3. The summed E-state index contributed by atoms with van der Waals surface area (Å²) in [7, 11) is 2.02. The maximum Gasteiger partial charge on any atom is 0.0446 e. The molecule has 3 heteroatoms. The van der Waals surface area contributed by atoms with Gasteiger partial charge in [-0.15, -0.1) is 0 Å². The van der Waals surface area contributed by atoms with Crippen molar-refractivity contribution in [2.45, 2.75) is 31.6 Å². The zero-order valence-electron chi connectivity index (χ0n) is 10.0. The van der Waals surface area contributed by atoms with Gasteiger partial charge in [0.25, 0.3) is 0 Å². The van der Waals surface area contributed by atoms with Crippen LogP contribution in [0.4, 0.5) is 0 Å². The van der Waals surface area contributed by atoms with E-state index in [-0.39, 0.29) is 0 Å². The third-order valence-electron chi connectivity index (χ3n) is 2.63. The third kappa shape index (κ3) is 5.24. The summed E-state index contributed by atoms with van der Waals surface area (Å²) >= 11 is 8.05. The monoisotopic (exact) mass is 257 g/mol. The van der Waals surface area contributed by atoms with Gasteiger partial charge in [-0.05, 0) is 44.2 Å². The van der Waals surface area contributed by atoms with Gasteiger partial charge in [-0.25, -0.2) is 0 Å². The second-order valence-corrected chi connectivity index (χ2v) is 5.49. The van der Waals surface area contributed by atoms with Crippen LogP contribution in [0.25, 0.3) is 0 Å². The average molecular weight is 258 g/mol. The van der Waals surface area contributed by atoms with Crippen molar-refractivity contribution in [3.05, 3.63) is 34.9 Å². The highest BCUT2D eigenvalue weighted by molar-refractivity contribution is 7.98. The first-order valence-electron chi connectivity index (χ1n) is 5.72. The van der Waals surface area contributed by atoms with Crippen LogP contribution in [0.5, 0.6) is 0 Å². The number of rotatable bonds is 7. The summed E-state index contributed by atoms with van der Waals surface area (Å²) < 4.78 is 0. The molecule has 1 aromatic carbocycles. The molecule has 0 bridgehead atoms. The predicted molar refractivity (Wildman–Crippen MR) is 75.4 cm³/mol. The van der Waals surface area contributed by atoms with Crippen LogP contribution in [0.3, 0.4) is 0 Å². The Balaban J connectivity index is 2.14. The third-order valence-corrected chi connectivity index (χ3v) is 4.10. The second kappa shape index (κ2) is 7.99. The highest BCUT2D eigenvalue weighted by atomic mass is 35.5. The molecule has 0 aliphatic rings. The van der Waals surface area contributed by atoms with Gasteiger partial charge in [0.1, 0.15) is 0 Å². The van der Waals surface area contributed by atoms with E-state index in [0.29, 0.717) is 6.04 Å². The lowest BCUT2D eigenvalue weighted by Crippen LogP contribution is -2.20. The van der Waals surface area contributed by atoms with Gasteiger partial charge in [-0.1, -0.05) is 29.8 Å². The summed E-state index contributed by atoms with van der Waals surface area (Å²) in [5.41, 5.74) is 1.25. The van der Waals surface area contributed by atoms with Crippen LogP contribution >= 0.6 is 23.4 Å². The van der Waals surface area contributed by atoms with E-state index in [2.05, 4.69) is 18.3 Å². The Hall–Kier alpha value is -0.180. The lowest BCUT2D eigenvalue weighted by molar-refractivity contribution is 0.559. The molecule has 1 atom stereocenters. The van der Waals surface area contributed by atoms with Crippen LogP contribution in [-0.4, -0.2) is 18.8 Å². The first kappa shape index (κ1) is 13.9. The highest BCUT2D eigenvalue weighted by Gasteiger charge is 2.00. The van der Waals surface area contributed by atoms with Crippen molar-refractivity contribution >= 4 is 23.4 Å². The number of halogens is 1. The van der Waals surface area contributed by atoms with Crippen molar-refractivity contribution in [3.8, 4) is 0 Å². The normalized spacial score (nSPS) is 12.7. The Labute approximate surface area is 108 Å². The molecule has 1 rings (SSSR count). The summed E-state index contributed by atoms with van der Waals surface area (Å²) in [5, 5.41) is 4.14. The molecule has 0 radical (unpaired) electrons. The summed E-state index contributed by atoms with van der Waals surface area (Å²) in [6.45, 7) is 2.22. The molecular formula is C13H20ClNS. The van der Waals surface area contributed by atoms with Gasteiger partial charge in [-0.3, -0.25) is 0 Å². The largest absolute Gasteiger partial charge is 0.317 e. The molecule has 0 saturated carbocycles. The molecule has 1 N–H and O–H groups in total. The first-order valence-corrected chi connectivity index (χ1v) is 7.25. The summed E-state index contributed by atoms with van der Waals surface area (Å²) in [5.74, 6) is 2.23. The minimum Gasteiger partial charge on any atom is -0.317 e. The van der Waals surface area contributed by atoms with Gasteiger partial charge in [-0.2, -0.15) is 11.8 Å². The fraction of sp³-hybridized carbons (Fsp3) is 0.538. The van der Waals surface area contributed by atoms with Gasteiger partial charge in [0, 0.05) is 16.8 Å². The molecule has 1 nitrogen and oxygen atoms in total. The second-order valence-electron chi connectivity index (χ2n) is 3.98. The molecule has 0 fully saturated rings. The molecule has 0 heterocycles. The topological polar surface area (TPSA) is 12.0 Å². The Morgan fingerprint density at radius 3 is 2.81 bits per heavy atom. The van der Waals surface area contributed by atoms with Crippen molar-refractivity contribution in [2.24, 2.45) is 0 Å². The molecule has 0 aliphatic carbocycles. The van der Waals surface area contributed by atoms with E-state index in [1.165, 1.54) is 24.2 Å². The fourth-order valence-electron chi connectivity index (χ4n) is 1.43. The van der Waals surface area contributed by atoms with Gasteiger partial charge in [0.15, 0.2) is 0 Å². The number of thioether (sulfide) groups is 1. The summed E-state index contributed by atoms with van der Waals surface area (Å²) in [6.07, 6.45) is 2.50. The maximum absolute atomic E-state index is 6.09. The summed E-state index contributed by atoms with van der Waals surface area (Å²) in [4.78, 5) is 0. The van der Waals surface area contributed by atoms with Gasteiger partial charge >= 0.3 is 0 Å². The Morgan fingerprint density at radius 1 is 1.38 bits per heavy atom. The predicted octanol–water partition coefficient (Wildman–Crippen LogP) is 3.96. The molecule has 0 spiro atoms. The van der Waals surface area contributed by atoms with Crippen LogP contribution in [0.2, 0.25) is 5.02 Å². The molecule has 0 saturated heterocycles. The molecule has 0 amide bonds. The number of hydrogen-bond donors (Lipinski definition) is 1. The lowest BCUT2D eigenvalue weighted by Gasteiger charge is -2.09. The minimum atomic E-state index is 0.626. The van der Waals surface area contributed by atoms with Crippen LogP contribution < -0.4 is 5.32 Å². The Bertz CT molecular complexity index is 304. The van der Waals surface area contributed by atoms with Crippen molar-refractivity contribution in [2.75, 3.05) is 12.8 Å². The van der Waals surface area contributed by atoms with E-state index in [1.54, 1.807) is 0 Å². The van der Waals surface area contributed by atoms with Crippen molar-refractivity contribution < 1.29 is 0 Å². The average Bonchev–Trinajstić information content (AvgIpc) is 2.30. The summed E-state index contributed by atoms with van der Waals surface area (Å²) in [6, 6.07) is 8.71. The quantitative estimate of drug-likeness (QED) is 0.742. The molecular weight excluding hydrogens is 238 g/mol. The molecule has 16 heavy (non-hydrogen) atoms. The number of nitrogens with one attached hydrogen (secondary N) is 1. The van der Waals surface area contributed by atoms with E-state index in [1.807, 2.05) is 37.0 Å². The van der Waals surface area contributed by atoms with Gasteiger partial charge in [0.05, 0.1) is 0 Å². The molecule has 0 aliphatic heterocycles. The Morgan fingerprint density at radius 2 is 2.12 bits per heavy atom. The SMILES string of the molecule is CNC(C)CCCSCc1ccccc1Cl. The van der Waals surface area contributed by atoms with Gasteiger partial charge < -0.3 is 5.32 Å². The van der Waals surface area contributed by atoms with E-state index in [9.17, 15) is 0 Å². The van der Waals surface area contributed by atoms with Crippen LogP contribution in [0, 0.1) is 0 Å². The van der Waals surface area contributed by atoms with E-state index >= 15 is 0 Å². The van der Waals surface area contributed by atoms with Crippen molar-refractivity contribution in [3.63, 3.8) is 0 Å². The smallest absolute Gasteiger partial charge is 0.0446 e. The van der Waals surface area contributed by atoms with E-state index < -0.39 is 0 Å². The minimum absolute atomic E-state index is 0.626. The van der Waals surface area contributed by atoms with Crippen LogP contribution in [0.1, 0.15) is 25.3 Å². The zero-order valence-corrected chi connectivity index (χ0v) is 11.6. The van der Waals surface area contributed by atoms with Crippen LogP contribution in [0.15, 0.2) is 24.3 Å². The van der Waals surface area contributed by atoms with Crippen molar-refractivity contribution in [1.29, 1.82) is 0 Å². The highest BCUT2D eigenvalue weighted by Crippen LogP contribution is 2.21. The Kier molecular flexibility index (Phi) is 6.93. The maximum atomic E-state index is 6.09. The molecule has 90 valence electrons. The zero-order chi connectivity index (χ0) is 11.8. The lowest BCUT2D eigenvalue weighted by atomic mass is 10.2. The molecule has 0 aromatic heterocycles. The van der Waals surface area contributed by atoms with E-state index in [0.717, 1.165) is 10.8 Å². The first-order chi connectivity index (χ1) is 7.74.